The van der Waals surface area contributed by atoms with Gasteiger partial charge >= 0.3 is 0 Å². The number of nitrogens with two attached hydrogens (primary N) is 1. The van der Waals surface area contributed by atoms with Crippen LogP contribution in [0.5, 0.6) is 5.75 Å². The molecule has 1 heterocycles. The van der Waals surface area contributed by atoms with Gasteiger partial charge in [0, 0.05) is 35.8 Å². The van der Waals surface area contributed by atoms with E-state index in [1.165, 1.54) is 24.3 Å². The van der Waals surface area contributed by atoms with Gasteiger partial charge in [-0.05, 0) is 42.0 Å². The Morgan fingerprint density at radius 2 is 2.00 bits per heavy atom. The van der Waals surface area contributed by atoms with Crippen LogP contribution in [0, 0.1) is 5.82 Å². The number of phenols is 1. The first-order chi connectivity index (χ1) is 11.4. The molecule has 0 aliphatic carbocycles. The fourth-order valence-corrected chi connectivity index (χ4v) is 3.62. The summed E-state index contributed by atoms with van der Waals surface area (Å²) in [7, 11) is -3.78. The maximum Gasteiger partial charge on any atom is 0.240 e. The zero-order valence-corrected chi connectivity index (χ0v) is 13.4. The summed E-state index contributed by atoms with van der Waals surface area (Å²) in [6, 6.07) is 8.34. The van der Waals surface area contributed by atoms with E-state index in [-0.39, 0.29) is 29.6 Å². The lowest BCUT2D eigenvalue weighted by Crippen LogP contribution is -2.29. The third-order valence-corrected chi connectivity index (χ3v) is 5.03. The molecule has 0 saturated carbocycles. The average molecular weight is 349 g/mol. The van der Waals surface area contributed by atoms with Gasteiger partial charge in [-0.25, -0.2) is 17.5 Å². The SMILES string of the molecule is NCCNS(=O)(=O)c1cc(O)cc(-c2c[nH]c3cc(F)ccc23)c1. The molecule has 0 atom stereocenters. The van der Waals surface area contributed by atoms with Crippen molar-refractivity contribution in [2.75, 3.05) is 13.1 Å². The number of H-pyrrole nitrogens is 1. The van der Waals surface area contributed by atoms with Gasteiger partial charge < -0.3 is 15.8 Å². The number of phenolic OH excluding ortho intramolecular Hbond substituents is 1. The molecular weight excluding hydrogens is 333 g/mol. The number of aromatic amines is 1. The molecule has 0 aliphatic rings. The number of hydrogen-bond donors (Lipinski definition) is 4. The number of aromatic nitrogens is 1. The molecule has 2 aromatic carbocycles. The highest BCUT2D eigenvalue weighted by Crippen LogP contribution is 2.33. The van der Waals surface area contributed by atoms with E-state index in [1.807, 2.05) is 0 Å². The van der Waals surface area contributed by atoms with E-state index in [2.05, 4.69) is 9.71 Å². The summed E-state index contributed by atoms with van der Waals surface area (Å²) in [6.07, 6.45) is 1.64. The highest BCUT2D eigenvalue weighted by molar-refractivity contribution is 7.89. The largest absolute Gasteiger partial charge is 0.508 e. The highest BCUT2D eigenvalue weighted by Gasteiger charge is 2.17. The molecule has 0 amide bonds. The van der Waals surface area contributed by atoms with Crippen LogP contribution in [0.4, 0.5) is 4.39 Å². The molecule has 6 nitrogen and oxygen atoms in total. The van der Waals surface area contributed by atoms with E-state index in [0.29, 0.717) is 16.6 Å². The molecule has 3 rings (SSSR count). The third kappa shape index (κ3) is 3.12. The molecule has 0 fully saturated rings. The number of aromatic hydroxyl groups is 1. The topological polar surface area (TPSA) is 108 Å². The maximum atomic E-state index is 13.3. The fraction of sp³-hybridized carbons (Fsp3) is 0.125. The average Bonchev–Trinajstić information content (AvgIpc) is 2.95. The molecule has 0 radical (unpaired) electrons. The molecule has 0 aliphatic heterocycles. The van der Waals surface area contributed by atoms with E-state index < -0.39 is 10.0 Å². The van der Waals surface area contributed by atoms with Crippen LogP contribution in [-0.4, -0.2) is 31.6 Å². The second-order valence-electron chi connectivity index (χ2n) is 5.29. The first kappa shape index (κ1) is 16.4. The summed E-state index contributed by atoms with van der Waals surface area (Å²) in [4.78, 5) is 2.87. The molecule has 3 aromatic rings. The summed E-state index contributed by atoms with van der Waals surface area (Å²) in [5.74, 6) is -0.557. The minimum absolute atomic E-state index is 0.0672. The number of nitrogens with one attached hydrogen (secondary N) is 2. The smallest absolute Gasteiger partial charge is 0.240 e. The Labute approximate surface area is 138 Å². The Balaban J connectivity index is 2.11. The van der Waals surface area contributed by atoms with Crippen LogP contribution in [0.2, 0.25) is 0 Å². The molecule has 126 valence electrons. The Morgan fingerprint density at radius 3 is 2.75 bits per heavy atom. The van der Waals surface area contributed by atoms with Crippen LogP contribution >= 0.6 is 0 Å². The van der Waals surface area contributed by atoms with Gasteiger partial charge in [0.05, 0.1) is 4.90 Å². The Kier molecular flexibility index (Phi) is 4.27. The first-order valence-corrected chi connectivity index (χ1v) is 8.70. The van der Waals surface area contributed by atoms with E-state index in [4.69, 9.17) is 5.73 Å². The minimum Gasteiger partial charge on any atom is -0.508 e. The number of hydrogen-bond acceptors (Lipinski definition) is 4. The molecule has 8 heteroatoms. The van der Waals surface area contributed by atoms with Gasteiger partial charge in [0.25, 0.3) is 0 Å². The number of fused-ring (bicyclic) bond motifs is 1. The number of sulfonamides is 1. The monoisotopic (exact) mass is 349 g/mol. The summed E-state index contributed by atoms with van der Waals surface area (Å²) < 4.78 is 40.1. The van der Waals surface area contributed by atoms with Crippen molar-refractivity contribution >= 4 is 20.9 Å². The van der Waals surface area contributed by atoms with Crippen LogP contribution in [-0.2, 0) is 10.0 Å². The predicted octanol–water partition coefficient (Wildman–Crippen LogP) is 1.92. The van der Waals surface area contributed by atoms with Gasteiger partial charge in [-0.3, -0.25) is 0 Å². The highest BCUT2D eigenvalue weighted by atomic mass is 32.2. The predicted molar refractivity (Wildman–Crippen MR) is 89.6 cm³/mol. The summed E-state index contributed by atoms with van der Waals surface area (Å²) >= 11 is 0. The van der Waals surface area contributed by atoms with Crippen LogP contribution in [0.1, 0.15) is 0 Å². The van der Waals surface area contributed by atoms with E-state index in [1.54, 1.807) is 12.3 Å². The Hall–Kier alpha value is -2.42. The maximum absolute atomic E-state index is 13.3. The summed E-state index contributed by atoms with van der Waals surface area (Å²) in [6.45, 7) is 0.263. The number of benzene rings is 2. The van der Waals surface area contributed by atoms with Crippen LogP contribution in [0.15, 0.2) is 47.5 Å². The van der Waals surface area contributed by atoms with Gasteiger partial charge in [0.1, 0.15) is 11.6 Å². The standard InChI is InChI=1S/C16H16FN3O3S/c17-11-1-2-14-15(9-19-16(14)7-11)10-5-12(21)8-13(6-10)24(22,23)20-4-3-18/h1-2,5-9,19-21H,3-4,18H2. The normalized spacial score (nSPS) is 11.9. The Bertz CT molecular complexity index is 999. The van der Waals surface area contributed by atoms with Crippen molar-refractivity contribution in [3.63, 3.8) is 0 Å². The zero-order chi connectivity index (χ0) is 17.3. The van der Waals surface area contributed by atoms with E-state index in [0.717, 1.165) is 11.5 Å². The van der Waals surface area contributed by atoms with Gasteiger partial charge in [0.2, 0.25) is 10.0 Å². The van der Waals surface area contributed by atoms with Crippen molar-refractivity contribution in [2.24, 2.45) is 5.73 Å². The Morgan fingerprint density at radius 1 is 1.21 bits per heavy atom. The summed E-state index contributed by atoms with van der Waals surface area (Å²) in [5, 5.41) is 10.6. The lowest BCUT2D eigenvalue weighted by molar-refractivity contribution is 0.473. The van der Waals surface area contributed by atoms with Gasteiger partial charge in [-0.2, -0.15) is 0 Å². The van der Waals surface area contributed by atoms with Gasteiger partial charge in [0.15, 0.2) is 0 Å². The molecule has 24 heavy (non-hydrogen) atoms. The second-order valence-corrected chi connectivity index (χ2v) is 7.06. The van der Waals surface area contributed by atoms with E-state index >= 15 is 0 Å². The molecule has 0 saturated heterocycles. The lowest BCUT2D eigenvalue weighted by Gasteiger charge is -2.09. The van der Waals surface area contributed by atoms with Crippen molar-refractivity contribution in [1.82, 2.24) is 9.71 Å². The van der Waals surface area contributed by atoms with Crippen molar-refractivity contribution in [3.8, 4) is 16.9 Å². The van der Waals surface area contributed by atoms with Crippen molar-refractivity contribution in [1.29, 1.82) is 0 Å². The molecule has 0 unspecified atom stereocenters. The van der Waals surface area contributed by atoms with Crippen molar-refractivity contribution < 1.29 is 17.9 Å². The quantitative estimate of drug-likeness (QED) is 0.564. The second kappa shape index (κ2) is 6.23. The number of halogens is 1. The van der Waals surface area contributed by atoms with Crippen LogP contribution < -0.4 is 10.5 Å². The lowest BCUT2D eigenvalue weighted by atomic mass is 10.0. The first-order valence-electron chi connectivity index (χ1n) is 7.21. The summed E-state index contributed by atoms with van der Waals surface area (Å²) in [5.41, 5.74) is 7.06. The van der Waals surface area contributed by atoms with Crippen molar-refractivity contribution in [2.45, 2.75) is 4.90 Å². The minimum atomic E-state index is -3.78. The fourth-order valence-electron chi connectivity index (χ4n) is 2.51. The molecule has 5 N–H and O–H groups in total. The van der Waals surface area contributed by atoms with Crippen molar-refractivity contribution in [3.05, 3.63) is 48.4 Å². The van der Waals surface area contributed by atoms with E-state index in [9.17, 15) is 17.9 Å². The molecular formula is C16H16FN3O3S. The third-order valence-electron chi connectivity index (χ3n) is 3.59. The molecule has 0 bridgehead atoms. The van der Waals surface area contributed by atoms with Crippen LogP contribution in [0.3, 0.4) is 0 Å². The molecule has 1 aromatic heterocycles. The van der Waals surface area contributed by atoms with Gasteiger partial charge in [-0.15, -0.1) is 0 Å². The number of rotatable bonds is 5. The zero-order valence-electron chi connectivity index (χ0n) is 12.6. The van der Waals surface area contributed by atoms with Gasteiger partial charge in [-0.1, -0.05) is 0 Å². The molecule has 0 spiro atoms. The van der Waals surface area contributed by atoms with Crippen LogP contribution in [0.25, 0.3) is 22.0 Å².